The Morgan fingerprint density at radius 3 is 2.53 bits per heavy atom. The molecule has 0 radical (unpaired) electrons. The molecule has 3 N–H and O–H groups in total. The molecular formula is C21H19N3O5S. The highest BCUT2D eigenvalue weighted by molar-refractivity contribution is 7.90. The zero-order valence-corrected chi connectivity index (χ0v) is 16.8. The molecule has 8 nitrogen and oxygen atoms in total. The minimum absolute atomic E-state index is 0.174. The zero-order valence-electron chi connectivity index (χ0n) is 16.0. The highest BCUT2D eigenvalue weighted by Gasteiger charge is 2.18. The van der Waals surface area contributed by atoms with Gasteiger partial charge in [-0.05, 0) is 42.5 Å². The van der Waals surface area contributed by atoms with Gasteiger partial charge in [-0.2, -0.15) is 0 Å². The molecule has 4 aromatic rings. The molecule has 0 saturated carbocycles. The molecule has 154 valence electrons. The first-order chi connectivity index (χ1) is 14.3. The SMILES string of the molecule is CS(=O)(=O)c1ccc(Oc2cc3nc(-c4ccccn4)[nH]c3cc2C(O)CO)cc1. The van der Waals surface area contributed by atoms with Gasteiger partial charge >= 0.3 is 0 Å². The number of hydrogen-bond donors (Lipinski definition) is 3. The number of nitrogens with zero attached hydrogens (tertiary/aromatic N) is 2. The van der Waals surface area contributed by atoms with Crippen LogP contribution in [0.15, 0.2) is 65.7 Å². The smallest absolute Gasteiger partial charge is 0.175 e. The van der Waals surface area contributed by atoms with Crippen LogP contribution in [0.1, 0.15) is 11.7 Å². The van der Waals surface area contributed by atoms with Gasteiger partial charge in [0.2, 0.25) is 0 Å². The van der Waals surface area contributed by atoms with Gasteiger partial charge in [-0.25, -0.2) is 13.4 Å². The van der Waals surface area contributed by atoms with Crippen LogP contribution < -0.4 is 4.74 Å². The molecule has 0 fully saturated rings. The fourth-order valence-electron chi connectivity index (χ4n) is 3.01. The lowest BCUT2D eigenvalue weighted by Gasteiger charge is -2.15. The van der Waals surface area contributed by atoms with E-state index in [1.165, 1.54) is 24.3 Å². The van der Waals surface area contributed by atoms with Crippen molar-refractivity contribution in [3.05, 3.63) is 66.4 Å². The van der Waals surface area contributed by atoms with E-state index in [-0.39, 0.29) is 4.90 Å². The topological polar surface area (TPSA) is 125 Å². The number of aliphatic hydroxyl groups is 2. The molecule has 30 heavy (non-hydrogen) atoms. The van der Waals surface area contributed by atoms with E-state index >= 15 is 0 Å². The lowest BCUT2D eigenvalue weighted by atomic mass is 10.1. The number of hydrogen-bond acceptors (Lipinski definition) is 7. The van der Waals surface area contributed by atoms with E-state index in [4.69, 9.17) is 4.74 Å². The molecule has 0 spiro atoms. The summed E-state index contributed by atoms with van der Waals surface area (Å²) < 4.78 is 29.2. The molecule has 0 saturated heterocycles. The minimum Gasteiger partial charge on any atom is -0.457 e. The first-order valence-corrected chi connectivity index (χ1v) is 11.0. The predicted molar refractivity (Wildman–Crippen MR) is 111 cm³/mol. The van der Waals surface area contributed by atoms with Crippen LogP contribution >= 0.6 is 0 Å². The number of pyridine rings is 1. The summed E-state index contributed by atoms with van der Waals surface area (Å²) in [6.45, 7) is -0.490. The standard InChI is InChI=1S/C21H19N3O5S/c1-30(27,28)14-7-5-13(6-8-14)29-20-11-18-17(10-15(20)19(26)12-25)23-21(24-18)16-4-2-3-9-22-16/h2-11,19,25-26H,12H2,1H3,(H,23,24). The molecule has 2 aromatic heterocycles. The number of aliphatic hydroxyl groups excluding tert-OH is 2. The van der Waals surface area contributed by atoms with Crippen LogP contribution in [0.5, 0.6) is 11.5 Å². The van der Waals surface area contributed by atoms with Crippen molar-refractivity contribution in [1.82, 2.24) is 15.0 Å². The van der Waals surface area contributed by atoms with E-state index in [2.05, 4.69) is 15.0 Å². The summed E-state index contributed by atoms with van der Waals surface area (Å²) in [5.74, 6) is 1.24. The van der Waals surface area contributed by atoms with Crippen molar-refractivity contribution in [2.24, 2.45) is 0 Å². The van der Waals surface area contributed by atoms with E-state index in [0.29, 0.717) is 39.6 Å². The number of ether oxygens (including phenoxy) is 1. The van der Waals surface area contributed by atoms with E-state index < -0.39 is 22.5 Å². The molecule has 0 aliphatic carbocycles. The Balaban J connectivity index is 1.75. The summed E-state index contributed by atoms with van der Waals surface area (Å²) in [5, 5.41) is 19.7. The Hall–Kier alpha value is -3.27. The number of nitrogens with one attached hydrogen (secondary N) is 1. The Morgan fingerprint density at radius 1 is 1.13 bits per heavy atom. The second-order valence-electron chi connectivity index (χ2n) is 6.75. The van der Waals surface area contributed by atoms with Crippen LogP contribution in [0, 0.1) is 0 Å². The van der Waals surface area contributed by atoms with Gasteiger partial charge in [-0.3, -0.25) is 4.98 Å². The molecule has 1 unspecified atom stereocenters. The summed E-state index contributed by atoms with van der Waals surface area (Å²) >= 11 is 0. The Kier molecular flexibility index (Phi) is 5.25. The van der Waals surface area contributed by atoms with Gasteiger partial charge in [0, 0.05) is 24.1 Å². The molecule has 2 aromatic carbocycles. The first kappa shape index (κ1) is 20.0. The summed E-state index contributed by atoms with van der Waals surface area (Å²) in [7, 11) is -3.32. The minimum atomic E-state index is -3.32. The maximum Gasteiger partial charge on any atom is 0.175 e. The average molecular weight is 425 g/mol. The number of aromatic nitrogens is 3. The molecule has 9 heteroatoms. The fraction of sp³-hybridized carbons (Fsp3) is 0.143. The lowest BCUT2D eigenvalue weighted by molar-refractivity contribution is 0.0939. The van der Waals surface area contributed by atoms with Gasteiger partial charge in [-0.1, -0.05) is 6.07 Å². The molecule has 0 bridgehead atoms. The Labute approximate surface area is 172 Å². The number of aromatic amines is 1. The van der Waals surface area contributed by atoms with Crippen molar-refractivity contribution >= 4 is 20.9 Å². The zero-order chi connectivity index (χ0) is 21.3. The quantitative estimate of drug-likeness (QED) is 0.434. The van der Waals surface area contributed by atoms with Crippen molar-refractivity contribution in [3.8, 4) is 23.0 Å². The van der Waals surface area contributed by atoms with Crippen LogP contribution in [0.4, 0.5) is 0 Å². The van der Waals surface area contributed by atoms with E-state index in [1.807, 2.05) is 18.2 Å². The van der Waals surface area contributed by atoms with Crippen LogP contribution in [0.3, 0.4) is 0 Å². The molecule has 0 aliphatic rings. The third kappa shape index (κ3) is 4.04. The largest absolute Gasteiger partial charge is 0.457 e. The second-order valence-corrected chi connectivity index (χ2v) is 8.77. The van der Waals surface area contributed by atoms with Crippen molar-refractivity contribution in [1.29, 1.82) is 0 Å². The van der Waals surface area contributed by atoms with Gasteiger partial charge < -0.3 is 19.9 Å². The summed E-state index contributed by atoms with van der Waals surface area (Å²) in [6.07, 6.45) is 1.63. The van der Waals surface area contributed by atoms with Crippen LogP contribution in [-0.2, 0) is 9.84 Å². The lowest BCUT2D eigenvalue weighted by Crippen LogP contribution is -2.05. The van der Waals surface area contributed by atoms with Crippen molar-refractivity contribution in [2.45, 2.75) is 11.0 Å². The van der Waals surface area contributed by atoms with Crippen LogP contribution in [0.25, 0.3) is 22.6 Å². The number of benzene rings is 2. The fourth-order valence-corrected chi connectivity index (χ4v) is 3.64. The monoisotopic (exact) mass is 425 g/mol. The average Bonchev–Trinajstić information content (AvgIpc) is 3.16. The predicted octanol–water partition coefficient (Wildman–Crippen LogP) is 2.85. The third-order valence-electron chi connectivity index (χ3n) is 4.53. The highest BCUT2D eigenvalue weighted by atomic mass is 32.2. The highest BCUT2D eigenvalue weighted by Crippen LogP contribution is 2.34. The molecule has 1 atom stereocenters. The van der Waals surface area contributed by atoms with Crippen molar-refractivity contribution in [3.63, 3.8) is 0 Å². The number of sulfone groups is 1. The van der Waals surface area contributed by atoms with Gasteiger partial charge in [-0.15, -0.1) is 0 Å². The van der Waals surface area contributed by atoms with Crippen molar-refractivity contribution < 1.29 is 23.4 Å². The van der Waals surface area contributed by atoms with Crippen molar-refractivity contribution in [2.75, 3.05) is 12.9 Å². The van der Waals surface area contributed by atoms with E-state index in [9.17, 15) is 18.6 Å². The molecule has 2 heterocycles. The molecule has 4 rings (SSSR count). The number of fused-ring (bicyclic) bond motifs is 1. The Morgan fingerprint density at radius 2 is 1.90 bits per heavy atom. The normalized spacial score (nSPS) is 12.8. The first-order valence-electron chi connectivity index (χ1n) is 9.07. The van der Waals surface area contributed by atoms with Gasteiger partial charge in [0.25, 0.3) is 0 Å². The summed E-state index contributed by atoms with van der Waals surface area (Å²) in [6, 6.07) is 14.7. The molecule has 0 amide bonds. The summed E-state index contributed by atoms with van der Waals surface area (Å²) in [4.78, 5) is 12.1. The third-order valence-corrected chi connectivity index (χ3v) is 5.66. The van der Waals surface area contributed by atoms with E-state index in [0.717, 1.165) is 6.26 Å². The number of rotatable bonds is 6. The maximum atomic E-state index is 11.6. The van der Waals surface area contributed by atoms with Crippen LogP contribution in [-0.4, -0.2) is 46.4 Å². The second kappa shape index (κ2) is 7.86. The molecule has 0 aliphatic heterocycles. The van der Waals surface area contributed by atoms with Crippen LogP contribution in [0.2, 0.25) is 0 Å². The summed E-state index contributed by atoms with van der Waals surface area (Å²) in [5.41, 5.74) is 2.27. The van der Waals surface area contributed by atoms with E-state index in [1.54, 1.807) is 18.3 Å². The molecular weight excluding hydrogens is 406 g/mol. The Bertz CT molecular complexity index is 1290. The van der Waals surface area contributed by atoms with Gasteiger partial charge in [0.15, 0.2) is 15.7 Å². The number of imidazole rings is 1. The maximum absolute atomic E-state index is 11.6. The van der Waals surface area contributed by atoms with Gasteiger partial charge in [0.05, 0.1) is 22.5 Å². The number of H-pyrrole nitrogens is 1. The van der Waals surface area contributed by atoms with Gasteiger partial charge in [0.1, 0.15) is 23.3 Å².